The van der Waals surface area contributed by atoms with Gasteiger partial charge in [0.1, 0.15) is 0 Å². The summed E-state index contributed by atoms with van der Waals surface area (Å²) < 4.78 is 2.09. The normalized spacial score (nSPS) is 30.0. The number of amides is 1. The van der Waals surface area contributed by atoms with Crippen molar-refractivity contribution in [3.05, 3.63) is 24.5 Å². The molecule has 1 aliphatic carbocycles. The van der Waals surface area contributed by atoms with E-state index in [4.69, 9.17) is 0 Å². The van der Waals surface area contributed by atoms with Crippen molar-refractivity contribution in [1.82, 2.24) is 15.2 Å². The largest absolute Gasteiger partial charge is 0.353 e. The maximum atomic E-state index is 12.1. The average Bonchev–Trinajstić information content (AvgIpc) is 3.07. The summed E-state index contributed by atoms with van der Waals surface area (Å²) in [7, 11) is 0. The van der Waals surface area contributed by atoms with Gasteiger partial charge in [0.15, 0.2) is 0 Å². The van der Waals surface area contributed by atoms with Gasteiger partial charge in [-0.05, 0) is 37.3 Å². The second-order valence-corrected chi connectivity index (χ2v) is 5.82. The number of nitrogens with one attached hydrogen (secondary N) is 2. The lowest BCUT2D eigenvalue weighted by Crippen LogP contribution is -2.43. The highest BCUT2D eigenvalue weighted by Crippen LogP contribution is 2.33. The van der Waals surface area contributed by atoms with Gasteiger partial charge in [0.25, 0.3) is 0 Å². The molecule has 2 fully saturated rings. The smallest absolute Gasteiger partial charge is 0.237 e. The van der Waals surface area contributed by atoms with E-state index in [1.807, 2.05) is 24.5 Å². The first kappa shape index (κ1) is 12.7. The van der Waals surface area contributed by atoms with Crippen LogP contribution in [0.1, 0.15) is 32.1 Å². The highest BCUT2D eigenvalue weighted by Gasteiger charge is 2.37. The number of rotatable bonds is 4. The quantitative estimate of drug-likeness (QED) is 0.863. The minimum atomic E-state index is 0.0396. The molecule has 3 atom stereocenters. The molecule has 2 N–H and O–H groups in total. The molecule has 1 aromatic heterocycles. The van der Waals surface area contributed by atoms with Crippen LogP contribution in [-0.2, 0) is 11.3 Å². The van der Waals surface area contributed by atoms with Crippen molar-refractivity contribution in [2.24, 2.45) is 5.92 Å². The first-order valence-corrected chi connectivity index (χ1v) is 7.47. The number of nitrogens with zero attached hydrogens (tertiary/aromatic N) is 1. The fourth-order valence-electron chi connectivity index (χ4n) is 3.47. The molecule has 1 saturated carbocycles. The molecular weight excluding hydrogens is 238 g/mol. The summed E-state index contributed by atoms with van der Waals surface area (Å²) in [6.45, 7) is 1.55. The Hall–Kier alpha value is -1.29. The molecule has 104 valence electrons. The minimum absolute atomic E-state index is 0.0396. The molecule has 4 nitrogen and oxygen atoms in total. The van der Waals surface area contributed by atoms with E-state index in [1.165, 1.54) is 25.7 Å². The first-order chi connectivity index (χ1) is 9.33. The number of hydrogen-bond donors (Lipinski definition) is 2. The van der Waals surface area contributed by atoms with Crippen LogP contribution in [0.2, 0.25) is 0 Å². The summed E-state index contributed by atoms with van der Waals surface area (Å²) in [4.78, 5) is 12.1. The summed E-state index contributed by atoms with van der Waals surface area (Å²) in [6, 6.07) is 4.64. The van der Waals surface area contributed by atoms with Crippen LogP contribution in [0.15, 0.2) is 24.5 Å². The summed E-state index contributed by atoms with van der Waals surface area (Å²) in [5.74, 6) is 0.913. The summed E-state index contributed by atoms with van der Waals surface area (Å²) in [5, 5.41) is 6.57. The summed E-state index contributed by atoms with van der Waals surface area (Å²) in [5.41, 5.74) is 0. The van der Waals surface area contributed by atoms with Crippen LogP contribution < -0.4 is 10.6 Å². The molecule has 2 aliphatic rings. The Kier molecular flexibility index (Phi) is 3.87. The third-order valence-corrected chi connectivity index (χ3v) is 4.51. The maximum absolute atomic E-state index is 12.1. The SMILES string of the molecule is O=C(NCCn1cccc1)C1CC2CCCCC2N1. The predicted octanol–water partition coefficient (Wildman–Crippen LogP) is 1.52. The van der Waals surface area contributed by atoms with E-state index in [9.17, 15) is 4.79 Å². The predicted molar refractivity (Wildman–Crippen MR) is 74.7 cm³/mol. The number of hydrogen-bond acceptors (Lipinski definition) is 2. The van der Waals surface area contributed by atoms with Crippen molar-refractivity contribution in [1.29, 1.82) is 0 Å². The van der Waals surface area contributed by atoms with Crippen LogP contribution in [0.5, 0.6) is 0 Å². The molecule has 19 heavy (non-hydrogen) atoms. The number of carbonyl (C=O) groups is 1. The Balaban J connectivity index is 1.43. The van der Waals surface area contributed by atoms with Crippen molar-refractivity contribution in [2.45, 2.75) is 50.7 Å². The van der Waals surface area contributed by atoms with E-state index >= 15 is 0 Å². The highest BCUT2D eigenvalue weighted by atomic mass is 16.2. The minimum Gasteiger partial charge on any atom is -0.353 e. The van der Waals surface area contributed by atoms with Crippen molar-refractivity contribution < 1.29 is 4.79 Å². The Morgan fingerprint density at radius 2 is 2.05 bits per heavy atom. The van der Waals surface area contributed by atoms with Crippen LogP contribution >= 0.6 is 0 Å². The molecule has 2 heterocycles. The van der Waals surface area contributed by atoms with Crippen LogP contribution in [0.25, 0.3) is 0 Å². The van der Waals surface area contributed by atoms with Crippen LogP contribution in [-0.4, -0.2) is 29.1 Å². The average molecular weight is 261 g/mol. The monoisotopic (exact) mass is 261 g/mol. The lowest BCUT2D eigenvalue weighted by atomic mass is 9.85. The topological polar surface area (TPSA) is 46.1 Å². The molecular formula is C15H23N3O. The van der Waals surface area contributed by atoms with Crippen LogP contribution in [0, 0.1) is 5.92 Å². The zero-order chi connectivity index (χ0) is 13.1. The lowest BCUT2D eigenvalue weighted by Gasteiger charge is -2.24. The molecule has 1 aliphatic heterocycles. The second-order valence-electron chi connectivity index (χ2n) is 5.82. The van der Waals surface area contributed by atoms with Gasteiger partial charge in [-0.1, -0.05) is 12.8 Å². The highest BCUT2D eigenvalue weighted by molar-refractivity contribution is 5.82. The van der Waals surface area contributed by atoms with Crippen LogP contribution in [0.3, 0.4) is 0 Å². The molecule has 0 bridgehead atoms. The first-order valence-electron chi connectivity index (χ1n) is 7.47. The zero-order valence-electron chi connectivity index (χ0n) is 11.3. The summed E-state index contributed by atoms with van der Waals surface area (Å²) >= 11 is 0. The molecule has 1 amide bonds. The summed E-state index contributed by atoms with van der Waals surface area (Å²) in [6.07, 6.45) is 10.3. The Morgan fingerprint density at radius 3 is 2.84 bits per heavy atom. The zero-order valence-corrected chi connectivity index (χ0v) is 11.3. The third kappa shape index (κ3) is 3.00. The molecule has 3 rings (SSSR count). The van der Waals surface area contributed by atoms with E-state index in [0.29, 0.717) is 12.6 Å². The Bertz CT molecular complexity index is 401. The molecule has 1 aromatic rings. The van der Waals surface area contributed by atoms with Gasteiger partial charge >= 0.3 is 0 Å². The van der Waals surface area contributed by atoms with Crippen molar-refractivity contribution in [3.8, 4) is 0 Å². The van der Waals surface area contributed by atoms with E-state index in [1.54, 1.807) is 0 Å². The number of fused-ring (bicyclic) bond motifs is 1. The van der Waals surface area contributed by atoms with Gasteiger partial charge < -0.3 is 15.2 Å². The second kappa shape index (κ2) is 5.78. The van der Waals surface area contributed by atoms with Gasteiger partial charge in [-0.3, -0.25) is 4.79 Å². The van der Waals surface area contributed by atoms with Gasteiger partial charge in [-0.25, -0.2) is 0 Å². The number of aromatic nitrogens is 1. The third-order valence-electron chi connectivity index (χ3n) is 4.51. The molecule has 0 radical (unpaired) electrons. The fraction of sp³-hybridized carbons (Fsp3) is 0.667. The van der Waals surface area contributed by atoms with E-state index in [0.717, 1.165) is 18.9 Å². The van der Waals surface area contributed by atoms with E-state index in [2.05, 4.69) is 15.2 Å². The molecule has 4 heteroatoms. The standard InChI is InChI=1S/C15H23N3O/c19-15(16-7-10-18-8-3-4-9-18)14-11-12-5-1-2-6-13(12)17-14/h3-4,8-9,12-14,17H,1-2,5-7,10-11H2,(H,16,19). The molecule has 0 aromatic carbocycles. The van der Waals surface area contributed by atoms with Crippen molar-refractivity contribution in [2.75, 3.05) is 6.54 Å². The van der Waals surface area contributed by atoms with E-state index < -0.39 is 0 Å². The van der Waals surface area contributed by atoms with Gasteiger partial charge in [-0.2, -0.15) is 0 Å². The van der Waals surface area contributed by atoms with Crippen molar-refractivity contribution in [3.63, 3.8) is 0 Å². The Labute approximate surface area is 114 Å². The molecule has 0 spiro atoms. The Morgan fingerprint density at radius 1 is 1.26 bits per heavy atom. The van der Waals surface area contributed by atoms with Crippen molar-refractivity contribution >= 4 is 5.91 Å². The van der Waals surface area contributed by atoms with Gasteiger partial charge in [0.05, 0.1) is 6.04 Å². The lowest BCUT2D eigenvalue weighted by molar-refractivity contribution is -0.122. The number of carbonyl (C=O) groups excluding carboxylic acids is 1. The fourth-order valence-corrected chi connectivity index (χ4v) is 3.47. The van der Waals surface area contributed by atoms with Crippen LogP contribution in [0.4, 0.5) is 0 Å². The van der Waals surface area contributed by atoms with Gasteiger partial charge in [0, 0.05) is 31.5 Å². The van der Waals surface area contributed by atoms with Gasteiger partial charge in [-0.15, -0.1) is 0 Å². The van der Waals surface area contributed by atoms with Gasteiger partial charge in [0.2, 0.25) is 5.91 Å². The van der Waals surface area contributed by atoms with E-state index in [-0.39, 0.29) is 11.9 Å². The molecule has 1 saturated heterocycles. The molecule has 3 unspecified atom stereocenters. The maximum Gasteiger partial charge on any atom is 0.237 e.